The Bertz CT molecular complexity index is 444. The number of amides is 2. The molecule has 0 fully saturated rings. The lowest BCUT2D eigenvalue weighted by Crippen LogP contribution is -2.24. The minimum absolute atomic E-state index is 0.161. The zero-order chi connectivity index (χ0) is 13.5. The molecule has 1 aromatic carbocycles. The fourth-order valence-electron chi connectivity index (χ4n) is 1.48. The van der Waals surface area contributed by atoms with Crippen LogP contribution in [0.2, 0.25) is 0 Å². The molecule has 5 nitrogen and oxygen atoms in total. The molecule has 0 aliphatic rings. The molecule has 0 aliphatic carbocycles. The van der Waals surface area contributed by atoms with E-state index in [1.165, 1.54) is 14.0 Å². The molecule has 0 bridgehead atoms. The van der Waals surface area contributed by atoms with Gasteiger partial charge in [0.15, 0.2) is 0 Å². The molecule has 1 rings (SSSR count). The molecule has 1 aromatic rings. The van der Waals surface area contributed by atoms with E-state index < -0.39 is 0 Å². The minimum Gasteiger partial charge on any atom is -0.495 e. The molecule has 0 aliphatic heterocycles. The number of nitrogens with one attached hydrogen (secondary N) is 2. The van der Waals surface area contributed by atoms with Crippen LogP contribution in [-0.2, 0) is 4.79 Å². The lowest BCUT2D eigenvalue weighted by atomic mass is 10.1. The number of anilines is 1. The van der Waals surface area contributed by atoms with E-state index in [2.05, 4.69) is 10.6 Å². The summed E-state index contributed by atoms with van der Waals surface area (Å²) in [6.45, 7) is 4.01. The van der Waals surface area contributed by atoms with Crippen molar-refractivity contribution < 1.29 is 14.3 Å². The maximum absolute atomic E-state index is 11.8. The van der Waals surface area contributed by atoms with Crippen molar-refractivity contribution in [3.05, 3.63) is 23.8 Å². The topological polar surface area (TPSA) is 67.4 Å². The molecular weight excluding hydrogens is 232 g/mol. The van der Waals surface area contributed by atoms with Gasteiger partial charge in [-0.1, -0.05) is 6.92 Å². The summed E-state index contributed by atoms with van der Waals surface area (Å²) in [5.41, 5.74) is 0.988. The highest BCUT2D eigenvalue weighted by Gasteiger charge is 2.10. The number of benzene rings is 1. The number of methoxy groups -OCH3 is 1. The number of ether oxygens (including phenoxy) is 1. The molecule has 5 heteroatoms. The first-order valence-electron chi connectivity index (χ1n) is 5.82. The highest BCUT2D eigenvalue weighted by atomic mass is 16.5. The fourth-order valence-corrected chi connectivity index (χ4v) is 1.48. The molecule has 2 N–H and O–H groups in total. The number of carbonyl (C=O) groups is 2. The maximum Gasteiger partial charge on any atom is 0.251 e. The van der Waals surface area contributed by atoms with Crippen molar-refractivity contribution in [3.8, 4) is 5.75 Å². The summed E-state index contributed by atoms with van der Waals surface area (Å²) in [5.74, 6) is 0.155. The molecule has 0 aromatic heterocycles. The fraction of sp³-hybridized carbons (Fsp3) is 0.385. The molecule has 0 radical (unpaired) electrons. The Morgan fingerprint density at radius 3 is 2.61 bits per heavy atom. The highest BCUT2D eigenvalue weighted by molar-refractivity contribution is 5.97. The van der Waals surface area contributed by atoms with Gasteiger partial charge in [0.1, 0.15) is 5.75 Å². The van der Waals surface area contributed by atoms with Gasteiger partial charge >= 0.3 is 0 Å². The van der Waals surface area contributed by atoms with Gasteiger partial charge in [-0.05, 0) is 24.6 Å². The van der Waals surface area contributed by atoms with Crippen molar-refractivity contribution in [2.75, 3.05) is 19.0 Å². The van der Waals surface area contributed by atoms with E-state index >= 15 is 0 Å². The summed E-state index contributed by atoms with van der Waals surface area (Å²) in [6, 6.07) is 4.92. The van der Waals surface area contributed by atoms with Crippen LogP contribution in [0.5, 0.6) is 5.75 Å². The monoisotopic (exact) mass is 250 g/mol. The molecule has 0 atom stereocenters. The van der Waals surface area contributed by atoms with Crippen LogP contribution >= 0.6 is 0 Å². The van der Waals surface area contributed by atoms with Gasteiger partial charge in [0, 0.05) is 19.0 Å². The number of rotatable bonds is 5. The van der Waals surface area contributed by atoms with Gasteiger partial charge in [-0.25, -0.2) is 0 Å². The van der Waals surface area contributed by atoms with Gasteiger partial charge in [0.05, 0.1) is 12.8 Å². The first-order valence-corrected chi connectivity index (χ1v) is 5.82. The van der Waals surface area contributed by atoms with Crippen LogP contribution in [0.1, 0.15) is 30.6 Å². The maximum atomic E-state index is 11.8. The van der Waals surface area contributed by atoms with E-state index in [4.69, 9.17) is 4.74 Å². The van der Waals surface area contributed by atoms with Crippen LogP contribution in [0.3, 0.4) is 0 Å². The summed E-state index contributed by atoms with van der Waals surface area (Å²) in [6.07, 6.45) is 0.875. The molecule has 2 amide bonds. The number of hydrogen-bond donors (Lipinski definition) is 2. The molecule has 0 saturated heterocycles. The Morgan fingerprint density at radius 1 is 1.33 bits per heavy atom. The first kappa shape index (κ1) is 14.0. The van der Waals surface area contributed by atoms with Gasteiger partial charge in [0.25, 0.3) is 5.91 Å². The van der Waals surface area contributed by atoms with Crippen molar-refractivity contribution in [1.82, 2.24) is 5.32 Å². The van der Waals surface area contributed by atoms with E-state index in [1.807, 2.05) is 6.92 Å². The Labute approximate surface area is 107 Å². The number of carbonyl (C=O) groups excluding carboxylic acids is 2. The Balaban J connectivity index is 2.94. The average Bonchev–Trinajstić information content (AvgIpc) is 2.35. The Kier molecular flexibility index (Phi) is 5.17. The normalized spacial score (nSPS) is 9.72. The van der Waals surface area contributed by atoms with Crippen LogP contribution < -0.4 is 15.4 Å². The van der Waals surface area contributed by atoms with Gasteiger partial charge in [-0.15, -0.1) is 0 Å². The minimum atomic E-state index is -0.209. The molecular formula is C13H18N2O3. The lowest BCUT2D eigenvalue weighted by Gasteiger charge is -2.11. The van der Waals surface area contributed by atoms with Crippen molar-refractivity contribution in [1.29, 1.82) is 0 Å². The summed E-state index contributed by atoms with van der Waals surface area (Å²) in [4.78, 5) is 22.8. The summed E-state index contributed by atoms with van der Waals surface area (Å²) in [5, 5.41) is 5.41. The largest absolute Gasteiger partial charge is 0.495 e. The second kappa shape index (κ2) is 6.64. The van der Waals surface area contributed by atoms with E-state index in [0.29, 0.717) is 23.5 Å². The summed E-state index contributed by atoms with van der Waals surface area (Å²) >= 11 is 0. The van der Waals surface area contributed by atoms with Crippen LogP contribution in [-0.4, -0.2) is 25.5 Å². The molecule has 18 heavy (non-hydrogen) atoms. The lowest BCUT2D eigenvalue weighted by molar-refractivity contribution is -0.114. The standard InChI is InChI=1S/C13H18N2O3/c1-4-7-14-13(17)10-5-6-12(18-3)11(8-10)15-9(2)16/h5-6,8H,4,7H2,1-3H3,(H,14,17)(H,15,16). The van der Waals surface area contributed by atoms with Gasteiger partial charge in [-0.2, -0.15) is 0 Å². The SMILES string of the molecule is CCCNC(=O)c1ccc(OC)c(NC(C)=O)c1. The van der Waals surface area contributed by atoms with Gasteiger partial charge < -0.3 is 15.4 Å². The third-order valence-corrected chi connectivity index (χ3v) is 2.31. The Hall–Kier alpha value is -2.04. The predicted octanol–water partition coefficient (Wildman–Crippen LogP) is 1.79. The summed E-state index contributed by atoms with van der Waals surface area (Å²) in [7, 11) is 1.51. The van der Waals surface area contributed by atoms with Crippen LogP contribution in [0.25, 0.3) is 0 Å². The molecule has 0 spiro atoms. The summed E-state index contributed by atoms with van der Waals surface area (Å²) < 4.78 is 5.12. The average molecular weight is 250 g/mol. The quantitative estimate of drug-likeness (QED) is 0.837. The van der Waals surface area contributed by atoms with Crippen LogP contribution in [0.4, 0.5) is 5.69 Å². The third-order valence-electron chi connectivity index (χ3n) is 2.31. The zero-order valence-electron chi connectivity index (χ0n) is 10.9. The van der Waals surface area contributed by atoms with Gasteiger partial charge in [0.2, 0.25) is 5.91 Å². The first-order chi connectivity index (χ1) is 8.58. The van der Waals surface area contributed by atoms with E-state index in [1.54, 1.807) is 18.2 Å². The van der Waals surface area contributed by atoms with Crippen molar-refractivity contribution in [2.45, 2.75) is 20.3 Å². The molecule has 0 unspecified atom stereocenters. The second-order valence-corrected chi connectivity index (χ2v) is 3.85. The van der Waals surface area contributed by atoms with Crippen LogP contribution in [0, 0.1) is 0 Å². The van der Waals surface area contributed by atoms with Crippen molar-refractivity contribution in [2.24, 2.45) is 0 Å². The predicted molar refractivity (Wildman–Crippen MR) is 69.9 cm³/mol. The Morgan fingerprint density at radius 2 is 2.06 bits per heavy atom. The highest BCUT2D eigenvalue weighted by Crippen LogP contribution is 2.25. The molecule has 0 heterocycles. The molecule has 0 saturated carbocycles. The van der Waals surface area contributed by atoms with E-state index in [0.717, 1.165) is 6.42 Å². The van der Waals surface area contributed by atoms with Crippen molar-refractivity contribution in [3.63, 3.8) is 0 Å². The third kappa shape index (κ3) is 3.76. The van der Waals surface area contributed by atoms with Crippen LogP contribution in [0.15, 0.2) is 18.2 Å². The number of hydrogen-bond acceptors (Lipinski definition) is 3. The van der Waals surface area contributed by atoms with Crippen molar-refractivity contribution >= 4 is 17.5 Å². The smallest absolute Gasteiger partial charge is 0.251 e. The van der Waals surface area contributed by atoms with E-state index in [9.17, 15) is 9.59 Å². The van der Waals surface area contributed by atoms with Gasteiger partial charge in [-0.3, -0.25) is 9.59 Å². The van der Waals surface area contributed by atoms with E-state index in [-0.39, 0.29) is 11.8 Å². The second-order valence-electron chi connectivity index (χ2n) is 3.85. The molecule has 98 valence electrons. The zero-order valence-corrected chi connectivity index (χ0v) is 10.9.